The first-order chi connectivity index (χ1) is 8.33. The maximum Gasteiger partial charge on any atom is 0.411 e. The minimum atomic E-state index is -0.530. The molecular weight excluding hydrogens is 230 g/mol. The van der Waals surface area contributed by atoms with E-state index in [1.165, 1.54) is 0 Å². The van der Waals surface area contributed by atoms with Gasteiger partial charge in [0.05, 0.1) is 6.04 Å². The number of hydrogen-bond donors (Lipinski definition) is 0. The van der Waals surface area contributed by atoms with Gasteiger partial charge in [0.1, 0.15) is 11.9 Å². The highest BCUT2D eigenvalue weighted by atomic mass is 16.6. The van der Waals surface area contributed by atoms with E-state index in [-0.39, 0.29) is 24.1 Å². The van der Waals surface area contributed by atoms with Crippen molar-refractivity contribution in [2.45, 2.75) is 57.7 Å². The van der Waals surface area contributed by atoms with E-state index in [1.54, 1.807) is 4.90 Å². The number of aldehydes is 1. The third kappa shape index (κ3) is 2.28. The molecule has 100 valence electrons. The van der Waals surface area contributed by atoms with Gasteiger partial charge in [0, 0.05) is 12.0 Å². The molecule has 0 aromatic rings. The molecule has 0 aromatic heterocycles. The Bertz CT molecular complexity index is 383. The number of rotatable bonds is 1. The number of carbonyl (C=O) groups excluding carboxylic acids is 2. The Morgan fingerprint density at radius 1 is 1.44 bits per heavy atom. The van der Waals surface area contributed by atoms with Crippen LogP contribution in [-0.2, 0) is 9.53 Å². The van der Waals surface area contributed by atoms with E-state index in [2.05, 4.69) is 6.58 Å². The summed E-state index contributed by atoms with van der Waals surface area (Å²) in [4.78, 5) is 25.1. The van der Waals surface area contributed by atoms with Crippen LogP contribution in [0.1, 0.15) is 40.0 Å². The second-order valence-corrected chi connectivity index (χ2v) is 6.21. The second-order valence-electron chi connectivity index (χ2n) is 6.21. The van der Waals surface area contributed by atoms with Gasteiger partial charge in [0.15, 0.2) is 0 Å². The zero-order valence-electron chi connectivity index (χ0n) is 11.3. The maximum atomic E-state index is 12.2. The van der Waals surface area contributed by atoms with Crippen LogP contribution in [0.5, 0.6) is 0 Å². The van der Waals surface area contributed by atoms with Gasteiger partial charge in [-0.2, -0.15) is 0 Å². The molecule has 1 saturated carbocycles. The number of fused-ring (bicyclic) bond motifs is 3. The molecule has 4 nitrogen and oxygen atoms in total. The molecule has 1 unspecified atom stereocenters. The van der Waals surface area contributed by atoms with Crippen LogP contribution in [0.4, 0.5) is 4.79 Å². The van der Waals surface area contributed by atoms with Gasteiger partial charge in [-0.25, -0.2) is 4.79 Å². The summed E-state index contributed by atoms with van der Waals surface area (Å²) in [6.45, 7) is 9.53. The number of amides is 1. The molecule has 4 heteroatoms. The maximum absolute atomic E-state index is 12.2. The van der Waals surface area contributed by atoms with Gasteiger partial charge in [-0.1, -0.05) is 12.2 Å². The van der Waals surface area contributed by atoms with Crippen LogP contribution in [0.15, 0.2) is 12.2 Å². The molecule has 0 aromatic carbocycles. The Kier molecular flexibility index (Phi) is 3.21. The summed E-state index contributed by atoms with van der Waals surface area (Å²) in [7, 11) is 0. The predicted octanol–water partition coefficient (Wildman–Crippen LogP) is 2.53. The van der Waals surface area contributed by atoms with Crippen molar-refractivity contribution in [1.29, 1.82) is 0 Å². The summed E-state index contributed by atoms with van der Waals surface area (Å²) in [6.07, 6.45) is 3.18. The molecule has 1 amide bonds. The minimum Gasteiger partial charge on any atom is -0.444 e. The lowest BCUT2D eigenvalue weighted by molar-refractivity contribution is -0.118. The van der Waals surface area contributed by atoms with E-state index in [1.807, 2.05) is 20.8 Å². The summed E-state index contributed by atoms with van der Waals surface area (Å²) < 4.78 is 5.40. The van der Waals surface area contributed by atoms with Crippen LogP contribution in [0.25, 0.3) is 0 Å². The molecule has 0 N–H and O–H groups in total. The van der Waals surface area contributed by atoms with Crippen molar-refractivity contribution in [2.24, 2.45) is 5.92 Å². The topological polar surface area (TPSA) is 46.6 Å². The van der Waals surface area contributed by atoms with Gasteiger partial charge in [-0.15, -0.1) is 0 Å². The summed E-state index contributed by atoms with van der Waals surface area (Å²) in [5.74, 6) is 0.111. The second kappa shape index (κ2) is 4.41. The molecule has 2 aliphatic heterocycles. The van der Waals surface area contributed by atoms with E-state index in [9.17, 15) is 9.59 Å². The Morgan fingerprint density at radius 2 is 2.11 bits per heavy atom. The highest BCUT2D eigenvalue weighted by molar-refractivity contribution is 5.76. The Labute approximate surface area is 108 Å². The highest BCUT2D eigenvalue weighted by Crippen LogP contribution is 2.42. The van der Waals surface area contributed by atoms with Crippen LogP contribution < -0.4 is 0 Å². The molecule has 0 spiro atoms. The first kappa shape index (κ1) is 13.1. The highest BCUT2D eigenvalue weighted by Gasteiger charge is 2.47. The van der Waals surface area contributed by atoms with Gasteiger partial charge >= 0.3 is 6.09 Å². The van der Waals surface area contributed by atoms with E-state index >= 15 is 0 Å². The van der Waals surface area contributed by atoms with Gasteiger partial charge < -0.3 is 9.53 Å². The number of ether oxygens (including phenoxy) is 1. The van der Waals surface area contributed by atoms with Crippen molar-refractivity contribution in [1.82, 2.24) is 4.90 Å². The van der Waals surface area contributed by atoms with Crippen LogP contribution >= 0.6 is 0 Å². The van der Waals surface area contributed by atoms with E-state index in [0.29, 0.717) is 0 Å². The lowest BCUT2D eigenvalue weighted by atomic mass is 9.72. The lowest BCUT2D eigenvalue weighted by Crippen LogP contribution is -2.59. The Hall–Kier alpha value is -1.32. The number of piperidine rings is 2. The standard InChI is InChI=1S/C14H21NO3/c1-9-7-10-5-6-11(9)12(8-16)15(10)13(17)18-14(2,3)4/h8,10-12H,1,5-7H2,2-4H3/t10?,11-,12-/m1/s1. The van der Waals surface area contributed by atoms with Crippen LogP contribution in [-0.4, -0.2) is 35.0 Å². The fourth-order valence-corrected chi connectivity index (χ4v) is 2.96. The summed E-state index contributed by atoms with van der Waals surface area (Å²) in [6, 6.07) is -0.313. The largest absolute Gasteiger partial charge is 0.444 e. The number of hydrogen-bond acceptors (Lipinski definition) is 3. The van der Waals surface area contributed by atoms with E-state index in [4.69, 9.17) is 4.74 Å². The summed E-state index contributed by atoms with van der Waals surface area (Å²) in [5, 5.41) is 0. The molecule has 0 radical (unpaired) electrons. The van der Waals surface area contributed by atoms with Crippen molar-refractivity contribution < 1.29 is 14.3 Å². The smallest absolute Gasteiger partial charge is 0.411 e. The molecule has 3 fully saturated rings. The van der Waals surface area contributed by atoms with Crippen LogP contribution in [0.3, 0.4) is 0 Å². The quantitative estimate of drug-likeness (QED) is 0.531. The summed E-state index contributed by atoms with van der Waals surface area (Å²) in [5.41, 5.74) is 0.571. The van der Waals surface area contributed by atoms with E-state index < -0.39 is 5.60 Å². The fraction of sp³-hybridized carbons (Fsp3) is 0.714. The van der Waals surface area contributed by atoms with Crippen molar-refractivity contribution in [3.05, 3.63) is 12.2 Å². The average molecular weight is 251 g/mol. The lowest BCUT2D eigenvalue weighted by Gasteiger charge is -2.50. The molecule has 3 rings (SSSR count). The Balaban J connectivity index is 2.19. The van der Waals surface area contributed by atoms with Crippen molar-refractivity contribution >= 4 is 12.4 Å². The first-order valence-electron chi connectivity index (χ1n) is 6.48. The predicted molar refractivity (Wildman–Crippen MR) is 68.2 cm³/mol. The molecule has 3 atom stereocenters. The number of nitrogens with zero attached hydrogens (tertiary/aromatic N) is 1. The zero-order chi connectivity index (χ0) is 13.5. The molecule has 2 heterocycles. The summed E-state index contributed by atoms with van der Waals surface area (Å²) >= 11 is 0. The SMILES string of the molecule is C=C1CC2CC[C@H]1[C@@H](C=O)N2C(=O)OC(C)(C)C. The molecular formula is C14H21NO3. The van der Waals surface area contributed by atoms with Crippen LogP contribution in [0.2, 0.25) is 0 Å². The molecule has 2 bridgehead atoms. The average Bonchev–Trinajstić information content (AvgIpc) is 2.25. The minimum absolute atomic E-state index is 0.0764. The van der Waals surface area contributed by atoms with Gasteiger partial charge in [-0.3, -0.25) is 4.90 Å². The normalized spacial score (nSPS) is 31.4. The molecule has 1 aliphatic carbocycles. The van der Waals surface area contributed by atoms with Crippen LogP contribution in [0, 0.1) is 5.92 Å². The monoisotopic (exact) mass is 251 g/mol. The third-order valence-electron chi connectivity index (χ3n) is 3.70. The molecule has 18 heavy (non-hydrogen) atoms. The molecule has 2 saturated heterocycles. The van der Waals surface area contributed by atoms with Gasteiger partial charge in [0.2, 0.25) is 0 Å². The van der Waals surface area contributed by atoms with Crippen molar-refractivity contribution in [2.75, 3.05) is 0 Å². The fourth-order valence-electron chi connectivity index (χ4n) is 2.96. The zero-order valence-corrected chi connectivity index (χ0v) is 11.3. The van der Waals surface area contributed by atoms with Crippen molar-refractivity contribution in [3.63, 3.8) is 0 Å². The van der Waals surface area contributed by atoms with Gasteiger partial charge in [-0.05, 0) is 40.0 Å². The Morgan fingerprint density at radius 3 is 2.61 bits per heavy atom. The third-order valence-corrected chi connectivity index (χ3v) is 3.70. The van der Waals surface area contributed by atoms with Gasteiger partial charge in [0.25, 0.3) is 0 Å². The molecule has 3 aliphatic rings. The van der Waals surface area contributed by atoms with E-state index in [0.717, 1.165) is 31.1 Å². The van der Waals surface area contributed by atoms with Crippen molar-refractivity contribution in [3.8, 4) is 0 Å². The first-order valence-corrected chi connectivity index (χ1v) is 6.48. The number of carbonyl (C=O) groups is 2.